The van der Waals surface area contributed by atoms with Crippen molar-refractivity contribution in [2.24, 2.45) is 28.8 Å². The number of allylic oxidation sites excluding steroid dienone is 2. The molecule has 5 rings (SSSR count). The zero-order valence-electron chi connectivity index (χ0n) is 14.7. The van der Waals surface area contributed by atoms with Gasteiger partial charge in [0.2, 0.25) is 0 Å². The van der Waals surface area contributed by atoms with Gasteiger partial charge in [0.15, 0.2) is 0 Å². The van der Waals surface area contributed by atoms with Crippen LogP contribution in [0.5, 0.6) is 0 Å². The number of hydrazone groups is 1. The first-order valence-corrected chi connectivity index (χ1v) is 9.06. The zero-order valence-corrected chi connectivity index (χ0v) is 14.7. The topological polar surface area (TPSA) is 100 Å². The van der Waals surface area contributed by atoms with Crippen LogP contribution >= 0.6 is 0 Å². The highest BCUT2D eigenvalue weighted by Crippen LogP contribution is 2.52. The molecule has 3 aliphatic rings. The van der Waals surface area contributed by atoms with E-state index in [1.807, 2.05) is 12.2 Å². The number of hydrogen-bond donors (Lipinski definition) is 1. The number of carbonyl (C=O) groups excluding carboxylic acids is 2. The van der Waals surface area contributed by atoms with E-state index in [1.54, 1.807) is 24.3 Å². The molecule has 1 aromatic carbocycles. The molecule has 4 atom stereocenters. The lowest BCUT2D eigenvalue weighted by molar-refractivity contribution is -0.140. The van der Waals surface area contributed by atoms with E-state index in [0.29, 0.717) is 11.5 Å². The number of amides is 2. The molecule has 2 fully saturated rings. The number of imide groups is 1. The molecule has 1 saturated heterocycles. The summed E-state index contributed by atoms with van der Waals surface area (Å²) >= 11 is 0. The average Bonchev–Trinajstić information content (AvgIpc) is 3.46. The van der Waals surface area contributed by atoms with Crippen LogP contribution in [-0.2, 0) is 9.59 Å². The van der Waals surface area contributed by atoms with Crippen molar-refractivity contribution in [3.63, 3.8) is 0 Å². The van der Waals surface area contributed by atoms with Crippen molar-refractivity contribution in [3.8, 4) is 11.3 Å². The maximum Gasteiger partial charge on any atom is 0.335 e. The molecule has 1 aliphatic heterocycles. The molecule has 1 aromatic heterocycles. The smallest absolute Gasteiger partial charge is 0.335 e. The quantitative estimate of drug-likeness (QED) is 0.502. The predicted molar refractivity (Wildman–Crippen MR) is 98.3 cm³/mol. The van der Waals surface area contributed by atoms with E-state index >= 15 is 0 Å². The van der Waals surface area contributed by atoms with Gasteiger partial charge in [-0.1, -0.05) is 24.3 Å². The molecule has 28 heavy (non-hydrogen) atoms. The summed E-state index contributed by atoms with van der Waals surface area (Å²) in [5.41, 5.74) is 0.910. The molecule has 7 nitrogen and oxygen atoms in total. The molecule has 1 N–H and O–H groups in total. The Morgan fingerprint density at radius 1 is 1.04 bits per heavy atom. The number of carbonyl (C=O) groups is 3. The lowest BCUT2D eigenvalue weighted by atomic mass is 9.85. The summed E-state index contributed by atoms with van der Waals surface area (Å²) in [5, 5.41) is 14.0. The van der Waals surface area contributed by atoms with Crippen LogP contribution in [0.4, 0.5) is 0 Å². The minimum atomic E-state index is -0.993. The van der Waals surface area contributed by atoms with Gasteiger partial charge in [0.05, 0.1) is 23.6 Å². The molecule has 1 saturated carbocycles. The molecule has 7 heteroatoms. The van der Waals surface area contributed by atoms with Crippen LogP contribution < -0.4 is 0 Å². The average molecular weight is 376 g/mol. The molecule has 140 valence electrons. The van der Waals surface area contributed by atoms with Gasteiger partial charge in [0.25, 0.3) is 11.8 Å². The van der Waals surface area contributed by atoms with E-state index in [2.05, 4.69) is 5.10 Å². The molecule has 2 aromatic rings. The highest BCUT2D eigenvalue weighted by atomic mass is 16.4. The Kier molecular flexibility index (Phi) is 3.58. The van der Waals surface area contributed by atoms with E-state index in [9.17, 15) is 14.4 Å². The van der Waals surface area contributed by atoms with Gasteiger partial charge in [0.1, 0.15) is 11.5 Å². The summed E-state index contributed by atoms with van der Waals surface area (Å²) in [6.07, 6.45) is 6.32. The standard InChI is InChI=1S/C21H16N2O5/c24-19-17-13-5-6-14(9-13)18(17)20(25)23(19)22-10-15-7-8-16(28-15)11-1-3-12(4-2-11)21(26)27/h1-8,10,13-14,17-18H,9H2,(H,26,27). The lowest BCUT2D eigenvalue weighted by Crippen LogP contribution is -2.28. The fraction of sp³-hybridized carbons (Fsp3) is 0.238. The Bertz CT molecular complexity index is 1020. The van der Waals surface area contributed by atoms with Gasteiger partial charge in [-0.3, -0.25) is 9.59 Å². The van der Waals surface area contributed by atoms with Crippen LogP contribution in [0.3, 0.4) is 0 Å². The molecule has 2 amide bonds. The van der Waals surface area contributed by atoms with Crippen molar-refractivity contribution < 1.29 is 23.9 Å². The number of hydrogen-bond acceptors (Lipinski definition) is 5. The van der Waals surface area contributed by atoms with Crippen LogP contribution in [0, 0.1) is 23.7 Å². The monoisotopic (exact) mass is 376 g/mol. The molecule has 2 heterocycles. The maximum atomic E-state index is 12.6. The third-order valence-electron chi connectivity index (χ3n) is 5.79. The molecule has 2 aliphatic carbocycles. The number of benzene rings is 1. The highest BCUT2D eigenvalue weighted by molar-refractivity contribution is 6.06. The Labute approximate surface area is 159 Å². The summed E-state index contributed by atoms with van der Waals surface area (Å²) in [6, 6.07) is 9.71. The summed E-state index contributed by atoms with van der Waals surface area (Å²) in [7, 11) is 0. The van der Waals surface area contributed by atoms with Crippen molar-refractivity contribution in [2.45, 2.75) is 6.42 Å². The van der Waals surface area contributed by atoms with Crippen LogP contribution in [0.25, 0.3) is 11.3 Å². The van der Waals surface area contributed by atoms with Crippen molar-refractivity contribution in [1.82, 2.24) is 5.01 Å². The first kappa shape index (κ1) is 16.7. The minimum absolute atomic E-state index is 0.149. The van der Waals surface area contributed by atoms with E-state index < -0.39 is 5.97 Å². The van der Waals surface area contributed by atoms with Crippen molar-refractivity contribution in [3.05, 3.63) is 59.9 Å². The Balaban J connectivity index is 1.33. The molecular formula is C21H16N2O5. The summed E-state index contributed by atoms with van der Waals surface area (Å²) < 4.78 is 5.69. The Hall–Kier alpha value is -3.48. The van der Waals surface area contributed by atoms with E-state index in [1.165, 1.54) is 18.3 Å². The second-order valence-electron chi connectivity index (χ2n) is 7.32. The van der Waals surface area contributed by atoms with Gasteiger partial charge in [-0.05, 0) is 42.5 Å². The predicted octanol–water partition coefficient (Wildman–Crippen LogP) is 2.79. The number of carboxylic acid groups (broad SMARTS) is 1. The summed E-state index contributed by atoms with van der Waals surface area (Å²) in [4.78, 5) is 36.1. The van der Waals surface area contributed by atoms with Gasteiger partial charge in [-0.25, -0.2) is 4.79 Å². The summed E-state index contributed by atoms with van der Waals surface area (Å²) in [6.45, 7) is 0. The van der Waals surface area contributed by atoms with Crippen LogP contribution in [0.2, 0.25) is 0 Å². The molecule has 2 bridgehead atoms. The van der Waals surface area contributed by atoms with E-state index in [-0.39, 0.29) is 41.0 Å². The van der Waals surface area contributed by atoms with Gasteiger partial charge < -0.3 is 9.52 Å². The number of rotatable bonds is 4. The van der Waals surface area contributed by atoms with E-state index in [4.69, 9.17) is 9.52 Å². The fourth-order valence-electron chi connectivity index (χ4n) is 4.47. The van der Waals surface area contributed by atoms with Gasteiger partial charge in [0, 0.05) is 5.56 Å². The highest BCUT2D eigenvalue weighted by Gasteiger charge is 2.59. The normalized spacial score (nSPS) is 27.9. The van der Waals surface area contributed by atoms with Crippen LogP contribution in [0.15, 0.2) is 58.1 Å². The van der Waals surface area contributed by atoms with Gasteiger partial charge in [-0.2, -0.15) is 10.1 Å². The van der Waals surface area contributed by atoms with Crippen molar-refractivity contribution >= 4 is 24.0 Å². The number of carboxylic acids is 1. The third-order valence-corrected chi connectivity index (χ3v) is 5.79. The number of aromatic carboxylic acids is 1. The molecule has 0 radical (unpaired) electrons. The van der Waals surface area contributed by atoms with Gasteiger partial charge in [-0.15, -0.1) is 0 Å². The molecular weight excluding hydrogens is 360 g/mol. The van der Waals surface area contributed by atoms with Gasteiger partial charge >= 0.3 is 5.97 Å². The SMILES string of the molecule is O=C(O)c1ccc(-c2ccc(C=NN3C(=O)C4C5C=CC(C5)C4C3=O)o2)cc1. The molecule has 4 unspecified atom stereocenters. The second-order valence-corrected chi connectivity index (χ2v) is 7.32. The first-order chi connectivity index (χ1) is 13.5. The van der Waals surface area contributed by atoms with Crippen molar-refractivity contribution in [1.29, 1.82) is 0 Å². The number of furan rings is 1. The van der Waals surface area contributed by atoms with E-state index in [0.717, 1.165) is 17.0 Å². The lowest BCUT2D eigenvalue weighted by Gasteiger charge is -2.13. The number of fused-ring (bicyclic) bond motifs is 5. The largest absolute Gasteiger partial charge is 0.478 e. The summed E-state index contributed by atoms with van der Waals surface area (Å²) in [5.74, 6) is -0.788. The Morgan fingerprint density at radius 2 is 1.68 bits per heavy atom. The van der Waals surface area contributed by atoms with Crippen LogP contribution in [-0.4, -0.2) is 34.1 Å². The molecule has 0 spiro atoms. The number of nitrogens with zero attached hydrogens (tertiary/aromatic N) is 2. The minimum Gasteiger partial charge on any atom is -0.478 e. The Morgan fingerprint density at radius 3 is 2.29 bits per heavy atom. The maximum absolute atomic E-state index is 12.6. The zero-order chi connectivity index (χ0) is 19.4. The first-order valence-electron chi connectivity index (χ1n) is 9.06. The second kappa shape index (κ2) is 6.02. The van der Waals surface area contributed by atoms with Crippen molar-refractivity contribution in [2.75, 3.05) is 0 Å². The third kappa shape index (κ3) is 2.43. The fourth-order valence-corrected chi connectivity index (χ4v) is 4.47. The van der Waals surface area contributed by atoms with Crippen LogP contribution in [0.1, 0.15) is 22.5 Å².